The minimum atomic E-state index is -5.06. The number of nitrogens with two attached hydrogens (primary N) is 3. The highest BCUT2D eigenvalue weighted by atomic mass is 19.4. The predicted molar refractivity (Wildman–Crippen MR) is 139 cm³/mol. The van der Waals surface area contributed by atoms with Gasteiger partial charge in [-0.15, -0.1) is 13.2 Å². The maximum absolute atomic E-state index is 14.0. The summed E-state index contributed by atoms with van der Waals surface area (Å²) in [5.74, 6) is -4.04. The highest BCUT2D eigenvalue weighted by Gasteiger charge is 2.32. The van der Waals surface area contributed by atoms with Gasteiger partial charge in [-0.2, -0.15) is 0 Å². The van der Waals surface area contributed by atoms with Crippen LogP contribution in [0.15, 0.2) is 48.5 Å². The van der Waals surface area contributed by atoms with Crippen molar-refractivity contribution in [3.63, 3.8) is 0 Å². The van der Waals surface area contributed by atoms with Gasteiger partial charge in [-0.1, -0.05) is 36.4 Å². The summed E-state index contributed by atoms with van der Waals surface area (Å²) < 4.78 is 54.8. The van der Waals surface area contributed by atoms with E-state index in [0.29, 0.717) is 6.42 Å². The van der Waals surface area contributed by atoms with Crippen LogP contribution in [0.3, 0.4) is 0 Å². The minimum Gasteiger partial charge on any atom is -0.403 e. The number of benzene rings is 2. The summed E-state index contributed by atoms with van der Waals surface area (Å²) in [6, 6.07) is 9.59. The molecule has 0 saturated carbocycles. The molecule has 10 nitrogen and oxygen atoms in total. The molecule has 0 heterocycles. The molecule has 0 saturated heterocycles. The lowest BCUT2D eigenvalue weighted by Crippen LogP contribution is -2.53. The van der Waals surface area contributed by atoms with Crippen molar-refractivity contribution in [1.29, 1.82) is 0 Å². The second kappa shape index (κ2) is 15.7. The summed E-state index contributed by atoms with van der Waals surface area (Å²) >= 11 is 0. The van der Waals surface area contributed by atoms with Crippen molar-refractivity contribution in [2.24, 2.45) is 17.2 Å². The third-order valence-electron chi connectivity index (χ3n) is 5.77. The summed E-state index contributed by atoms with van der Waals surface area (Å²) in [6.07, 6.45) is -4.81. The third kappa shape index (κ3) is 11.2. The van der Waals surface area contributed by atoms with Crippen molar-refractivity contribution in [2.75, 3.05) is 26.2 Å². The lowest BCUT2D eigenvalue weighted by molar-refractivity contribution is -0.275. The molecule has 0 radical (unpaired) electrons. The Morgan fingerprint density at radius 3 is 2.17 bits per heavy atom. The number of halogens is 4. The molecule has 0 spiro atoms. The fourth-order valence-corrected chi connectivity index (χ4v) is 3.76. The lowest BCUT2D eigenvalue weighted by atomic mass is 10.0. The van der Waals surface area contributed by atoms with Crippen LogP contribution in [0.4, 0.5) is 17.6 Å². The van der Waals surface area contributed by atoms with Gasteiger partial charge in [-0.05, 0) is 36.1 Å². The number of carbonyl (C=O) groups is 3. The molecule has 2 atom stereocenters. The zero-order valence-corrected chi connectivity index (χ0v) is 21.8. The van der Waals surface area contributed by atoms with Crippen LogP contribution in [0.25, 0.3) is 0 Å². The smallest absolute Gasteiger partial charge is 0.403 e. The van der Waals surface area contributed by atoms with Gasteiger partial charge in [0.15, 0.2) is 11.6 Å². The molecular weight excluding hydrogens is 536 g/mol. The number of hydrogen-bond donors (Lipinski definition) is 5. The van der Waals surface area contributed by atoms with E-state index in [4.69, 9.17) is 17.2 Å². The van der Waals surface area contributed by atoms with Gasteiger partial charge in [0, 0.05) is 32.7 Å². The molecule has 2 unspecified atom stereocenters. The Kier molecular flexibility index (Phi) is 12.8. The standard InChI is InChI=1S/C26H34F4N6O4/c27-19-14-18(7-9-22(19)40-26(28,29)30)16-34-25(39)21(8-6-17-4-2-1-3-5-17)35-24(38)20(33)15-23(37)36(12-10-31)13-11-32/h1-5,7,9,14,20-21H,6,8,10-13,15-16,31-33H2,(H,34,39)(H,35,38). The predicted octanol–water partition coefficient (Wildman–Crippen LogP) is 0.922. The molecule has 40 heavy (non-hydrogen) atoms. The van der Waals surface area contributed by atoms with Crippen molar-refractivity contribution < 1.29 is 36.7 Å². The van der Waals surface area contributed by atoms with Gasteiger partial charge in [0.2, 0.25) is 17.7 Å². The molecule has 0 aliphatic rings. The largest absolute Gasteiger partial charge is 0.573 e. The fourth-order valence-electron chi connectivity index (χ4n) is 3.76. The number of nitrogens with zero attached hydrogens (tertiary/aromatic N) is 1. The van der Waals surface area contributed by atoms with Gasteiger partial charge in [0.25, 0.3) is 0 Å². The monoisotopic (exact) mass is 570 g/mol. The normalized spacial score (nSPS) is 12.8. The van der Waals surface area contributed by atoms with E-state index in [1.165, 1.54) is 4.90 Å². The molecule has 2 aromatic rings. The van der Waals surface area contributed by atoms with Crippen LogP contribution in [0, 0.1) is 5.82 Å². The summed E-state index contributed by atoms with van der Waals surface area (Å²) in [5.41, 5.74) is 18.1. The van der Waals surface area contributed by atoms with Gasteiger partial charge < -0.3 is 37.5 Å². The molecule has 0 aliphatic heterocycles. The molecule has 0 bridgehead atoms. The Morgan fingerprint density at radius 1 is 0.950 bits per heavy atom. The quantitative estimate of drug-likeness (QED) is 0.199. The number of aryl methyl sites for hydroxylation is 1. The van der Waals surface area contributed by atoms with Crippen molar-refractivity contribution >= 4 is 17.7 Å². The maximum atomic E-state index is 14.0. The van der Waals surface area contributed by atoms with Crippen molar-refractivity contribution in [2.45, 2.75) is 44.3 Å². The molecule has 14 heteroatoms. The van der Waals surface area contributed by atoms with E-state index >= 15 is 0 Å². The number of ether oxygens (including phenoxy) is 1. The summed E-state index contributed by atoms with van der Waals surface area (Å²) in [4.78, 5) is 39.8. The lowest BCUT2D eigenvalue weighted by Gasteiger charge is -2.24. The Balaban J connectivity index is 2.07. The van der Waals surface area contributed by atoms with Crippen LogP contribution in [0.2, 0.25) is 0 Å². The third-order valence-corrected chi connectivity index (χ3v) is 5.77. The minimum absolute atomic E-state index is 0.163. The maximum Gasteiger partial charge on any atom is 0.573 e. The van der Waals surface area contributed by atoms with Crippen LogP contribution in [0.5, 0.6) is 5.75 Å². The van der Waals surface area contributed by atoms with E-state index in [9.17, 15) is 31.9 Å². The van der Waals surface area contributed by atoms with Gasteiger partial charge in [-0.3, -0.25) is 14.4 Å². The van der Waals surface area contributed by atoms with Crippen LogP contribution in [-0.4, -0.2) is 67.2 Å². The highest BCUT2D eigenvalue weighted by molar-refractivity contribution is 5.92. The Bertz CT molecular complexity index is 1110. The number of nitrogens with one attached hydrogen (secondary N) is 2. The molecule has 220 valence electrons. The summed E-state index contributed by atoms with van der Waals surface area (Å²) in [7, 11) is 0. The number of alkyl halides is 3. The van der Waals surface area contributed by atoms with E-state index in [1.807, 2.05) is 30.3 Å². The Labute approximate surface area is 229 Å². The van der Waals surface area contributed by atoms with Gasteiger partial charge in [0.05, 0.1) is 12.5 Å². The van der Waals surface area contributed by atoms with Crippen LogP contribution in [0.1, 0.15) is 24.0 Å². The molecule has 2 rings (SSSR count). The van der Waals surface area contributed by atoms with Crippen LogP contribution >= 0.6 is 0 Å². The number of rotatable bonds is 15. The Morgan fingerprint density at radius 2 is 1.60 bits per heavy atom. The first-order valence-corrected chi connectivity index (χ1v) is 12.5. The first-order valence-electron chi connectivity index (χ1n) is 12.5. The Hall–Kier alpha value is -3.75. The second-order valence-corrected chi connectivity index (χ2v) is 8.88. The molecule has 0 aromatic heterocycles. The fraction of sp³-hybridized carbons (Fsp3) is 0.423. The molecule has 3 amide bonds. The van der Waals surface area contributed by atoms with E-state index in [1.54, 1.807) is 0 Å². The number of carbonyl (C=O) groups excluding carboxylic acids is 3. The highest BCUT2D eigenvalue weighted by Crippen LogP contribution is 2.26. The van der Waals surface area contributed by atoms with Crippen molar-refractivity contribution in [3.05, 3.63) is 65.5 Å². The van der Waals surface area contributed by atoms with Crippen molar-refractivity contribution in [1.82, 2.24) is 15.5 Å². The molecule has 2 aromatic carbocycles. The van der Waals surface area contributed by atoms with E-state index in [0.717, 1.165) is 23.8 Å². The SMILES string of the molecule is NCCN(CCN)C(=O)CC(N)C(=O)NC(CCc1ccccc1)C(=O)NCc1ccc(OC(F)(F)F)c(F)c1. The van der Waals surface area contributed by atoms with Crippen LogP contribution < -0.4 is 32.6 Å². The van der Waals surface area contributed by atoms with E-state index in [2.05, 4.69) is 15.4 Å². The van der Waals surface area contributed by atoms with Crippen LogP contribution in [-0.2, 0) is 27.3 Å². The van der Waals surface area contributed by atoms with Crippen molar-refractivity contribution in [3.8, 4) is 5.75 Å². The van der Waals surface area contributed by atoms with Gasteiger partial charge in [0.1, 0.15) is 6.04 Å². The second-order valence-electron chi connectivity index (χ2n) is 8.88. The van der Waals surface area contributed by atoms with E-state index < -0.39 is 47.7 Å². The summed E-state index contributed by atoms with van der Waals surface area (Å²) in [6.45, 7) is 0.665. The molecule has 0 fully saturated rings. The first-order chi connectivity index (χ1) is 18.9. The average molecular weight is 571 g/mol. The van der Waals surface area contributed by atoms with E-state index in [-0.39, 0.29) is 51.1 Å². The average Bonchev–Trinajstić information content (AvgIpc) is 2.90. The number of hydrogen-bond acceptors (Lipinski definition) is 7. The number of amides is 3. The van der Waals surface area contributed by atoms with Gasteiger partial charge >= 0.3 is 6.36 Å². The molecule has 8 N–H and O–H groups in total. The molecule has 0 aliphatic carbocycles. The zero-order valence-electron chi connectivity index (χ0n) is 21.8. The summed E-state index contributed by atoms with van der Waals surface area (Å²) in [5, 5.41) is 5.10. The molecular formula is C26H34F4N6O4. The van der Waals surface area contributed by atoms with Gasteiger partial charge in [-0.25, -0.2) is 4.39 Å². The zero-order chi connectivity index (χ0) is 29.7. The first kappa shape index (κ1) is 32.5. The topological polar surface area (TPSA) is 166 Å².